The topological polar surface area (TPSA) is 17.1 Å². The molecular weight excluding hydrogens is 218 g/mol. The molecule has 0 N–H and O–H groups in total. The molecule has 0 fully saturated rings. The molecular formula is C11H12F2OS. The van der Waals surface area contributed by atoms with Crippen LogP contribution in [0.2, 0.25) is 0 Å². The smallest absolute Gasteiger partial charge is 0.264 e. The van der Waals surface area contributed by atoms with Crippen molar-refractivity contribution in [1.29, 1.82) is 0 Å². The Bertz CT molecular complexity index is 364. The van der Waals surface area contributed by atoms with Crippen molar-refractivity contribution in [3.8, 4) is 0 Å². The number of rotatable bonds is 4. The third-order valence-electron chi connectivity index (χ3n) is 2.05. The SMILES string of the molecule is CSc1cccc(C(F)F)c1CC(C)=O. The van der Waals surface area contributed by atoms with E-state index >= 15 is 0 Å². The quantitative estimate of drug-likeness (QED) is 0.737. The van der Waals surface area contributed by atoms with Crippen molar-refractivity contribution in [1.82, 2.24) is 0 Å². The van der Waals surface area contributed by atoms with E-state index in [1.165, 1.54) is 24.8 Å². The highest BCUT2D eigenvalue weighted by Gasteiger charge is 2.16. The zero-order chi connectivity index (χ0) is 11.4. The second kappa shape index (κ2) is 5.26. The lowest BCUT2D eigenvalue weighted by molar-refractivity contribution is -0.116. The molecule has 0 saturated heterocycles. The monoisotopic (exact) mass is 230 g/mol. The Kier molecular flexibility index (Phi) is 4.27. The van der Waals surface area contributed by atoms with Crippen molar-refractivity contribution < 1.29 is 13.6 Å². The lowest BCUT2D eigenvalue weighted by Crippen LogP contribution is -2.03. The molecule has 0 bridgehead atoms. The Balaban J connectivity index is 3.20. The molecule has 0 saturated carbocycles. The molecule has 1 aromatic carbocycles. The molecule has 15 heavy (non-hydrogen) atoms. The van der Waals surface area contributed by atoms with Gasteiger partial charge < -0.3 is 0 Å². The zero-order valence-corrected chi connectivity index (χ0v) is 9.41. The van der Waals surface area contributed by atoms with Crippen LogP contribution in [0.1, 0.15) is 24.5 Å². The predicted octanol–water partition coefficient (Wildman–Crippen LogP) is 3.48. The fourth-order valence-electron chi connectivity index (χ4n) is 1.42. The second-order valence-electron chi connectivity index (χ2n) is 3.21. The summed E-state index contributed by atoms with van der Waals surface area (Å²) in [6.07, 6.45) is -0.628. The van der Waals surface area contributed by atoms with E-state index < -0.39 is 6.43 Å². The van der Waals surface area contributed by atoms with Crippen molar-refractivity contribution in [2.24, 2.45) is 0 Å². The molecule has 1 nitrogen and oxygen atoms in total. The van der Waals surface area contributed by atoms with Gasteiger partial charge in [0, 0.05) is 16.9 Å². The molecule has 82 valence electrons. The third-order valence-corrected chi connectivity index (χ3v) is 2.87. The summed E-state index contributed by atoms with van der Waals surface area (Å²) in [4.78, 5) is 11.8. The number of halogens is 2. The van der Waals surface area contributed by atoms with Crippen LogP contribution in [0.15, 0.2) is 23.1 Å². The van der Waals surface area contributed by atoms with Crippen LogP contribution >= 0.6 is 11.8 Å². The van der Waals surface area contributed by atoms with Gasteiger partial charge in [0.05, 0.1) is 0 Å². The van der Waals surface area contributed by atoms with Gasteiger partial charge in [-0.3, -0.25) is 4.79 Å². The normalized spacial score (nSPS) is 10.7. The van der Waals surface area contributed by atoms with Gasteiger partial charge in [0.1, 0.15) is 5.78 Å². The first-order valence-corrected chi connectivity index (χ1v) is 5.72. The van der Waals surface area contributed by atoms with Gasteiger partial charge in [-0.1, -0.05) is 12.1 Å². The molecule has 0 aliphatic heterocycles. The van der Waals surface area contributed by atoms with Crippen LogP contribution in [0.3, 0.4) is 0 Å². The van der Waals surface area contributed by atoms with Crippen LogP contribution < -0.4 is 0 Å². The predicted molar refractivity (Wildman–Crippen MR) is 57.6 cm³/mol. The Morgan fingerprint density at radius 3 is 2.60 bits per heavy atom. The first-order chi connectivity index (χ1) is 7.06. The fourth-order valence-corrected chi connectivity index (χ4v) is 2.07. The molecule has 0 aliphatic rings. The molecule has 0 unspecified atom stereocenters. The van der Waals surface area contributed by atoms with E-state index in [0.717, 1.165) is 4.90 Å². The maximum absolute atomic E-state index is 12.7. The summed E-state index contributed by atoms with van der Waals surface area (Å²) in [6, 6.07) is 4.73. The minimum Gasteiger partial charge on any atom is -0.300 e. The number of carbonyl (C=O) groups excluding carboxylic acids is 1. The minimum absolute atomic E-state index is 0.0305. The number of hydrogen-bond acceptors (Lipinski definition) is 2. The molecule has 0 heterocycles. The summed E-state index contributed by atoms with van der Waals surface area (Å²) in [5.74, 6) is -0.0987. The van der Waals surface area contributed by atoms with Crippen LogP contribution in [-0.4, -0.2) is 12.0 Å². The van der Waals surface area contributed by atoms with Crippen LogP contribution in [0.25, 0.3) is 0 Å². The molecule has 1 rings (SSSR count). The van der Waals surface area contributed by atoms with Crippen LogP contribution in [0.5, 0.6) is 0 Å². The molecule has 0 aromatic heterocycles. The molecule has 0 atom stereocenters. The molecule has 0 amide bonds. The highest BCUT2D eigenvalue weighted by Crippen LogP contribution is 2.30. The van der Waals surface area contributed by atoms with Gasteiger partial charge >= 0.3 is 0 Å². The molecule has 0 aliphatic carbocycles. The summed E-state index contributed by atoms with van der Waals surface area (Å²) in [5, 5.41) is 0. The molecule has 4 heteroatoms. The highest BCUT2D eigenvalue weighted by molar-refractivity contribution is 7.98. The van der Waals surface area contributed by atoms with Crippen LogP contribution in [-0.2, 0) is 11.2 Å². The van der Waals surface area contributed by atoms with Crippen LogP contribution in [0, 0.1) is 0 Å². The Morgan fingerprint density at radius 2 is 2.13 bits per heavy atom. The average molecular weight is 230 g/mol. The van der Waals surface area contributed by atoms with Crippen LogP contribution in [0.4, 0.5) is 8.78 Å². The summed E-state index contributed by atoms with van der Waals surface area (Å²) in [5.41, 5.74) is 0.435. The summed E-state index contributed by atoms with van der Waals surface area (Å²) >= 11 is 1.38. The number of carbonyl (C=O) groups is 1. The number of Topliss-reactive ketones (excluding diaryl/α,β-unsaturated/α-hetero) is 1. The maximum atomic E-state index is 12.7. The first kappa shape index (κ1) is 12.2. The lowest BCUT2D eigenvalue weighted by atomic mass is 10.0. The highest BCUT2D eigenvalue weighted by atomic mass is 32.2. The second-order valence-corrected chi connectivity index (χ2v) is 4.06. The van der Waals surface area contributed by atoms with Gasteiger partial charge in [-0.2, -0.15) is 0 Å². The summed E-state index contributed by atoms with van der Waals surface area (Å²) < 4.78 is 25.3. The van der Waals surface area contributed by atoms with Gasteiger partial charge in [0.25, 0.3) is 6.43 Å². The van der Waals surface area contributed by atoms with Gasteiger partial charge in [0.15, 0.2) is 0 Å². The van der Waals surface area contributed by atoms with Crippen molar-refractivity contribution in [3.63, 3.8) is 0 Å². The van der Waals surface area contributed by atoms with Gasteiger partial charge in [-0.05, 0) is 24.8 Å². The first-order valence-electron chi connectivity index (χ1n) is 4.49. The zero-order valence-electron chi connectivity index (χ0n) is 8.59. The van der Waals surface area contributed by atoms with E-state index in [9.17, 15) is 13.6 Å². The molecule has 0 radical (unpaired) electrons. The standard InChI is InChI=1S/C11H12F2OS/c1-7(14)6-9-8(11(12)13)4-3-5-10(9)15-2/h3-5,11H,6H2,1-2H3. The lowest BCUT2D eigenvalue weighted by Gasteiger charge is -2.11. The Hall–Kier alpha value is -0.900. The summed E-state index contributed by atoms with van der Waals surface area (Å²) in [6.45, 7) is 1.41. The largest absolute Gasteiger partial charge is 0.300 e. The van der Waals surface area contributed by atoms with E-state index in [0.29, 0.717) is 5.56 Å². The van der Waals surface area contributed by atoms with E-state index in [4.69, 9.17) is 0 Å². The third kappa shape index (κ3) is 3.02. The minimum atomic E-state index is -2.52. The molecule has 0 spiro atoms. The summed E-state index contributed by atoms with van der Waals surface area (Å²) in [7, 11) is 0. The van der Waals surface area contributed by atoms with Gasteiger partial charge in [-0.25, -0.2) is 8.78 Å². The number of alkyl halides is 2. The Morgan fingerprint density at radius 1 is 1.47 bits per heavy atom. The van der Waals surface area contributed by atoms with Crippen molar-refractivity contribution in [2.75, 3.05) is 6.26 Å². The van der Waals surface area contributed by atoms with E-state index in [1.54, 1.807) is 12.1 Å². The maximum Gasteiger partial charge on any atom is 0.264 e. The van der Waals surface area contributed by atoms with Crippen molar-refractivity contribution in [3.05, 3.63) is 29.3 Å². The number of benzene rings is 1. The molecule has 1 aromatic rings. The Labute approximate surface area is 91.9 Å². The van der Waals surface area contributed by atoms with Gasteiger partial charge in [-0.15, -0.1) is 11.8 Å². The van der Waals surface area contributed by atoms with E-state index in [1.807, 2.05) is 6.26 Å². The van der Waals surface area contributed by atoms with Crippen molar-refractivity contribution in [2.45, 2.75) is 24.7 Å². The van der Waals surface area contributed by atoms with Crippen molar-refractivity contribution >= 4 is 17.5 Å². The average Bonchev–Trinajstić information content (AvgIpc) is 2.16. The van der Waals surface area contributed by atoms with Gasteiger partial charge in [0.2, 0.25) is 0 Å². The van der Waals surface area contributed by atoms with E-state index in [-0.39, 0.29) is 17.8 Å². The number of thioether (sulfide) groups is 1. The number of hydrogen-bond donors (Lipinski definition) is 0. The van der Waals surface area contributed by atoms with E-state index in [2.05, 4.69) is 0 Å². The fraction of sp³-hybridized carbons (Fsp3) is 0.364. The number of ketones is 1.